The molecule has 0 bridgehead atoms. The molecule has 0 saturated heterocycles. The SMILES string of the molecule is Cc1noc(C)c1S(=O)(=O)n1cc(Br)c(Br)c1C#N. The molecule has 0 N–H and O–H groups in total. The second-order valence-electron chi connectivity index (χ2n) is 3.71. The van der Waals surface area contributed by atoms with E-state index in [9.17, 15) is 8.42 Å². The van der Waals surface area contributed by atoms with Crippen LogP contribution in [0.4, 0.5) is 0 Å². The second-order valence-corrected chi connectivity index (χ2v) is 7.10. The number of rotatable bonds is 2. The molecule has 2 aromatic rings. The summed E-state index contributed by atoms with van der Waals surface area (Å²) in [5.74, 6) is 0.183. The van der Waals surface area contributed by atoms with Crippen LogP contribution >= 0.6 is 31.9 Å². The maximum atomic E-state index is 12.6. The first-order valence-electron chi connectivity index (χ1n) is 4.95. The van der Waals surface area contributed by atoms with Crippen LogP contribution in [-0.2, 0) is 10.0 Å². The Hall–Kier alpha value is -1.11. The molecule has 0 spiro atoms. The van der Waals surface area contributed by atoms with Gasteiger partial charge in [0.1, 0.15) is 17.5 Å². The van der Waals surface area contributed by atoms with E-state index in [1.165, 1.54) is 20.0 Å². The highest BCUT2D eigenvalue weighted by atomic mass is 79.9. The highest BCUT2D eigenvalue weighted by molar-refractivity contribution is 9.13. The predicted octanol–water partition coefficient (Wildman–Crippen LogP) is 2.73. The van der Waals surface area contributed by atoms with Crippen molar-refractivity contribution in [2.45, 2.75) is 18.7 Å². The van der Waals surface area contributed by atoms with Crippen LogP contribution in [0, 0.1) is 25.2 Å². The maximum absolute atomic E-state index is 12.6. The molecule has 9 heteroatoms. The van der Waals surface area contributed by atoms with Crippen LogP contribution in [0.2, 0.25) is 0 Å². The van der Waals surface area contributed by atoms with E-state index in [1.807, 2.05) is 6.07 Å². The van der Waals surface area contributed by atoms with Gasteiger partial charge in [-0.15, -0.1) is 0 Å². The van der Waals surface area contributed by atoms with Crippen molar-refractivity contribution in [3.05, 3.63) is 32.3 Å². The smallest absolute Gasteiger partial charge is 0.274 e. The van der Waals surface area contributed by atoms with Gasteiger partial charge in [0.25, 0.3) is 10.0 Å². The fraction of sp³-hybridized carbons (Fsp3) is 0.200. The van der Waals surface area contributed by atoms with Crippen molar-refractivity contribution in [2.75, 3.05) is 0 Å². The first-order chi connectivity index (χ1) is 8.80. The molecule has 19 heavy (non-hydrogen) atoms. The van der Waals surface area contributed by atoms with Gasteiger partial charge in [0.05, 0.1) is 8.95 Å². The Bertz CT molecular complexity index is 779. The highest BCUT2D eigenvalue weighted by Crippen LogP contribution is 2.32. The molecule has 2 rings (SSSR count). The second kappa shape index (κ2) is 4.77. The quantitative estimate of drug-likeness (QED) is 0.762. The van der Waals surface area contributed by atoms with Crippen LogP contribution in [0.5, 0.6) is 0 Å². The largest absolute Gasteiger partial charge is 0.360 e. The molecule has 0 aromatic carbocycles. The number of nitrogens with zero attached hydrogens (tertiary/aromatic N) is 3. The van der Waals surface area contributed by atoms with Crippen LogP contribution in [0.25, 0.3) is 0 Å². The van der Waals surface area contributed by atoms with Crippen molar-refractivity contribution in [3.8, 4) is 6.07 Å². The van der Waals surface area contributed by atoms with Gasteiger partial charge < -0.3 is 4.52 Å². The molecule has 0 aliphatic carbocycles. The van der Waals surface area contributed by atoms with E-state index >= 15 is 0 Å². The Balaban J connectivity index is 2.79. The lowest BCUT2D eigenvalue weighted by Crippen LogP contribution is -2.15. The minimum absolute atomic E-state index is 0.0214. The lowest BCUT2D eigenvalue weighted by Gasteiger charge is -2.05. The van der Waals surface area contributed by atoms with Gasteiger partial charge >= 0.3 is 0 Å². The molecule has 0 amide bonds. The summed E-state index contributed by atoms with van der Waals surface area (Å²) in [7, 11) is -3.92. The zero-order chi connectivity index (χ0) is 14.4. The molecule has 0 aliphatic rings. The molecule has 2 heterocycles. The lowest BCUT2D eigenvalue weighted by atomic mass is 10.4. The van der Waals surface area contributed by atoms with Crippen LogP contribution in [0.1, 0.15) is 17.1 Å². The van der Waals surface area contributed by atoms with Crippen LogP contribution < -0.4 is 0 Å². The highest BCUT2D eigenvalue weighted by Gasteiger charge is 2.29. The summed E-state index contributed by atoms with van der Waals surface area (Å²) in [4.78, 5) is -0.0287. The molecule has 0 fully saturated rings. The zero-order valence-electron chi connectivity index (χ0n) is 9.81. The number of aryl methyl sites for hydroxylation is 2. The molecule has 0 atom stereocenters. The van der Waals surface area contributed by atoms with Gasteiger partial charge in [0, 0.05) is 6.20 Å². The fourth-order valence-corrected chi connectivity index (χ4v) is 4.32. The average Bonchev–Trinajstić information content (AvgIpc) is 2.81. The van der Waals surface area contributed by atoms with Crippen molar-refractivity contribution in [3.63, 3.8) is 0 Å². The molecule has 0 aliphatic heterocycles. The topological polar surface area (TPSA) is 88.9 Å². The van der Waals surface area contributed by atoms with E-state index in [-0.39, 0.29) is 22.0 Å². The first kappa shape index (κ1) is 14.3. The molecular weight excluding hydrogens is 402 g/mol. The van der Waals surface area contributed by atoms with E-state index < -0.39 is 10.0 Å². The van der Waals surface area contributed by atoms with E-state index in [0.29, 0.717) is 8.95 Å². The lowest BCUT2D eigenvalue weighted by molar-refractivity contribution is 0.390. The summed E-state index contributed by atoms with van der Waals surface area (Å²) >= 11 is 6.34. The monoisotopic (exact) mass is 407 g/mol. The maximum Gasteiger partial charge on any atom is 0.274 e. The Labute approximate surface area is 126 Å². The van der Waals surface area contributed by atoms with Crippen molar-refractivity contribution in [1.29, 1.82) is 5.26 Å². The van der Waals surface area contributed by atoms with Gasteiger partial charge in [-0.3, -0.25) is 0 Å². The fourth-order valence-electron chi connectivity index (χ4n) is 1.66. The van der Waals surface area contributed by atoms with Gasteiger partial charge in [0.2, 0.25) is 0 Å². The van der Waals surface area contributed by atoms with Crippen LogP contribution in [0.3, 0.4) is 0 Å². The summed E-state index contributed by atoms with van der Waals surface area (Å²) in [6.45, 7) is 3.04. The van der Waals surface area contributed by atoms with Crippen molar-refractivity contribution in [2.24, 2.45) is 0 Å². The third-order valence-electron chi connectivity index (χ3n) is 2.46. The minimum Gasteiger partial charge on any atom is -0.360 e. The average molecular weight is 409 g/mol. The van der Waals surface area contributed by atoms with Crippen molar-refractivity contribution < 1.29 is 12.9 Å². The van der Waals surface area contributed by atoms with Crippen molar-refractivity contribution in [1.82, 2.24) is 9.13 Å². The molecule has 0 radical (unpaired) electrons. The Morgan fingerprint density at radius 1 is 1.42 bits per heavy atom. The third kappa shape index (κ3) is 2.13. The summed E-state index contributed by atoms with van der Waals surface area (Å²) in [5.41, 5.74) is 0.231. The Morgan fingerprint density at radius 3 is 2.53 bits per heavy atom. The molecule has 2 aromatic heterocycles. The molecule has 0 saturated carbocycles. The molecular formula is C10H7Br2N3O3S. The van der Waals surface area contributed by atoms with E-state index in [4.69, 9.17) is 9.78 Å². The Morgan fingerprint density at radius 2 is 2.05 bits per heavy atom. The van der Waals surface area contributed by atoms with E-state index in [0.717, 1.165) is 3.97 Å². The van der Waals surface area contributed by atoms with Crippen LogP contribution in [-0.4, -0.2) is 17.5 Å². The van der Waals surface area contributed by atoms with E-state index in [2.05, 4.69) is 37.0 Å². The summed E-state index contributed by atoms with van der Waals surface area (Å²) in [6, 6.07) is 1.85. The Kier molecular flexibility index (Phi) is 3.59. The van der Waals surface area contributed by atoms with Gasteiger partial charge in [-0.05, 0) is 45.7 Å². The minimum atomic E-state index is -3.92. The number of hydrogen-bond donors (Lipinski definition) is 0. The molecule has 100 valence electrons. The van der Waals surface area contributed by atoms with Gasteiger partial charge in [-0.25, -0.2) is 12.4 Å². The third-order valence-corrected chi connectivity index (χ3v) is 6.30. The normalized spacial score (nSPS) is 11.5. The molecule has 6 nitrogen and oxygen atoms in total. The van der Waals surface area contributed by atoms with Gasteiger partial charge in [-0.2, -0.15) is 5.26 Å². The molecule has 0 unspecified atom stereocenters. The zero-order valence-corrected chi connectivity index (χ0v) is 13.8. The van der Waals surface area contributed by atoms with E-state index in [1.54, 1.807) is 0 Å². The summed E-state index contributed by atoms with van der Waals surface area (Å²) in [6.07, 6.45) is 1.31. The first-order valence-corrected chi connectivity index (χ1v) is 7.98. The van der Waals surface area contributed by atoms with Crippen LogP contribution in [0.15, 0.2) is 24.6 Å². The predicted molar refractivity (Wildman–Crippen MR) is 73.1 cm³/mol. The van der Waals surface area contributed by atoms with Gasteiger partial charge in [0.15, 0.2) is 10.7 Å². The summed E-state index contributed by atoms with van der Waals surface area (Å²) in [5, 5.41) is 12.7. The van der Waals surface area contributed by atoms with Gasteiger partial charge in [-0.1, -0.05) is 5.16 Å². The number of nitriles is 1. The van der Waals surface area contributed by atoms with Crippen molar-refractivity contribution >= 4 is 41.9 Å². The summed E-state index contributed by atoms with van der Waals surface area (Å²) < 4.78 is 31.7. The number of hydrogen-bond acceptors (Lipinski definition) is 5. The number of halogens is 2. The standard InChI is InChI=1S/C10H7Br2N3O3S/c1-5-10(6(2)18-14-5)19(16,17)15-4-7(11)9(12)8(15)3-13/h4H,1-2H3. The number of aromatic nitrogens is 2.